The van der Waals surface area contributed by atoms with Crippen LogP contribution in [0.5, 0.6) is 0 Å². The second-order valence-electron chi connectivity index (χ2n) is 4.02. The predicted octanol–water partition coefficient (Wildman–Crippen LogP) is 4.09. The summed E-state index contributed by atoms with van der Waals surface area (Å²) >= 11 is 0. The molecule has 0 saturated carbocycles. The lowest BCUT2D eigenvalue weighted by Crippen LogP contribution is -2.11. The van der Waals surface area contributed by atoms with Crippen LogP contribution in [0.25, 0.3) is 0 Å². The Morgan fingerprint density at radius 1 is 1.12 bits per heavy atom. The van der Waals surface area contributed by atoms with Crippen molar-refractivity contribution in [3.63, 3.8) is 0 Å². The monoisotopic (exact) mass is 218 g/mol. The van der Waals surface area contributed by atoms with E-state index in [-0.39, 0.29) is 0 Å². The molecule has 0 rings (SSSR count). The number of rotatable bonds is 4. The van der Waals surface area contributed by atoms with Crippen molar-refractivity contribution in [3.05, 3.63) is 47.7 Å². The fraction of sp³-hybridized carbons (Fsp3) is 0.400. The van der Waals surface area contributed by atoms with Gasteiger partial charge in [0, 0.05) is 12.5 Å². The van der Waals surface area contributed by atoms with Crippen LogP contribution >= 0.6 is 0 Å². The molecule has 0 atom stereocenters. The Hall–Kier alpha value is -1.37. The second kappa shape index (κ2) is 7.00. The summed E-state index contributed by atoms with van der Waals surface area (Å²) in [6.45, 7) is 14.5. The Morgan fingerprint density at radius 2 is 1.69 bits per heavy atom. The van der Waals surface area contributed by atoms with E-state index in [0.717, 1.165) is 5.57 Å². The van der Waals surface area contributed by atoms with E-state index in [0.29, 0.717) is 0 Å². The quantitative estimate of drug-likeness (QED) is 0.380. The Balaban J connectivity index is 5.09. The van der Waals surface area contributed by atoms with Gasteiger partial charge in [-0.2, -0.15) is 0 Å². The van der Waals surface area contributed by atoms with Crippen LogP contribution in [0.3, 0.4) is 0 Å². The third-order valence-electron chi connectivity index (χ3n) is 2.71. The van der Waals surface area contributed by atoms with Gasteiger partial charge in [-0.05, 0) is 39.3 Å². The zero-order chi connectivity index (χ0) is 12.7. The zero-order valence-electron chi connectivity index (χ0n) is 11.5. The van der Waals surface area contributed by atoms with Crippen molar-refractivity contribution in [2.75, 3.05) is 7.05 Å². The highest BCUT2D eigenvalue weighted by Crippen LogP contribution is 2.12. The highest BCUT2D eigenvalue weighted by Gasteiger charge is 2.08. The topological polar surface area (TPSA) is 3.01 Å². The normalized spacial score (nSPS) is 15.4. The molecule has 0 spiro atoms. The third kappa shape index (κ3) is 4.43. The molecule has 88 valence electrons. The average Bonchev–Trinajstić information content (AvgIpc) is 2.26. The molecule has 0 amide bonds. The van der Waals surface area contributed by atoms with E-state index < -0.39 is 0 Å². The molecule has 0 N–H and O–H groups in total. The van der Waals surface area contributed by atoms with Crippen LogP contribution in [0.15, 0.2) is 47.7 Å². The molecule has 0 aromatic heterocycles. The summed E-state index contributed by atoms with van der Waals surface area (Å²) in [4.78, 5) is 0. The fourth-order valence-corrected chi connectivity index (χ4v) is 1.35. The molecule has 0 aliphatic heterocycles. The summed E-state index contributed by atoms with van der Waals surface area (Å²) in [6, 6.07) is 0. The minimum Gasteiger partial charge on any atom is -0.205 e. The van der Waals surface area contributed by atoms with E-state index in [9.17, 15) is 0 Å². The first kappa shape index (κ1) is 14.6. The average molecular weight is 218 g/mol. The molecule has 0 radical (unpaired) electrons. The van der Waals surface area contributed by atoms with Gasteiger partial charge in [0.25, 0.3) is 0 Å². The first-order valence-electron chi connectivity index (χ1n) is 5.64. The van der Waals surface area contributed by atoms with Crippen LogP contribution in [0.4, 0.5) is 0 Å². The van der Waals surface area contributed by atoms with E-state index in [4.69, 9.17) is 0 Å². The van der Waals surface area contributed by atoms with E-state index >= 15 is 0 Å². The Labute approximate surface area is 100 Å². The lowest BCUT2D eigenvalue weighted by atomic mass is 10.0. The molecular weight excluding hydrogens is 194 g/mol. The summed E-state index contributed by atoms with van der Waals surface area (Å²) < 4.78 is 2.09. The molecular formula is C15H24N+. The predicted molar refractivity (Wildman–Crippen MR) is 74.0 cm³/mol. The van der Waals surface area contributed by atoms with E-state index in [1.54, 1.807) is 0 Å². The van der Waals surface area contributed by atoms with E-state index in [1.807, 2.05) is 33.2 Å². The maximum atomic E-state index is 4.14. The van der Waals surface area contributed by atoms with Crippen LogP contribution in [0.1, 0.15) is 34.6 Å². The largest absolute Gasteiger partial charge is 0.205 e. The van der Waals surface area contributed by atoms with Crippen molar-refractivity contribution in [1.82, 2.24) is 0 Å². The lowest BCUT2D eigenvalue weighted by molar-refractivity contribution is -0.422. The van der Waals surface area contributed by atoms with Crippen molar-refractivity contribution in [2.45, 2.75) is 34.6 Å². The molecule has 1 nitrogen and oxygen atoms in total. The molecule has 1 heteroatoms. The second-order valence-corrected chi connectivity index (χ2v) is 4.02. The molecule has 0 aliphatic carbocycles. The van der Waals surface area contributed by atoms with Crippen molar-refractivity contribution in [3.8, 4) is 0 Å². The zero-order valence-corrected chi connectivity index (χ0v) is 11.5. The SMILES string of the molecule is C=C(C(C)=CC(C)=CC)C(C)=[N+](C)C=CC. The van der Waals surface area contributed by atoms with E-state index in [1.165, 1.54) is 16.9 Å². The summed E-state index contributed by atoms with van der Waals surface area (Å²) in [7, 11) is 2.04. The van der Waals surface area contributed by atoms with E-state index in [2.05, 4.69) is 44.1 Å². The van der Waals surface area contributed by atoms with Gasteiger partial charge >= 0.3 is 0 Å². The molecule has 0 unspecified atom stereocenters. The number of nitrogens with zero attached hydrogens (tertiary/aromatic N) is 1. The van der Waals surface area contributed by atoms with Crippen LogP contribution in [-0.2, 0) is 0 Å². The molecule has 0 heterocycles. The summed E-state index contributed by atoms with van der Waals surface area (Å²) in [6.07, 6.45) is 8.32. The van der Waals surface area contributed by atoms with Crippen molar-refractivity contribution in [1.29, 1.82) is 0 Å². The molecule has 0 aliphatic rings. The number of hydrogen-bond acceptors (Lipinski definition) is 0. The maximum Gasteiger partial charge on any atom is 0.184 e. The molecule has 0 fully saturated rings. The van der Waals surface area contributed by atoms with Gasteiger partial charge in [-0.1, -0.05) is 24.3 Å². The van der Waals surface area contributed by atoms with Crippen molar-refractivity contribution >= 4 is 5.71 Å². The summed E-state index contributed by atoms with van der Waals surface area (Å²) in [5.74, 6) is 0. The first-order chi connectivity index (χ1) is 7.43. The van der Waals surface area contributed by atoms with Gasteiger partial charge < -0.3 is 0 Å². The smallest absolute Gasteiger partial charge is 0.184 e. The Morgan fingerprint density at radius 3 is 2.12 bits per heavy atom. The fourth-order valence-electron chi connectivity index (χ4n) is 1.35. The van der Waals surface area contributed by atoms with Crippen LogP contribution in [0, 0.1) is 0 Å². The highest BCUT2D eigenvalue weighted by molar-refractivity contribution is 5.98. The highest BCUT2D eigenvalue weighted by atomic mass is 14.9. The van der Waals surface area contributed by atoms with Crippen molar-refractivity contribution < 1.29 is 4.58 Å². The molecule has 0 saturated heterocycles. The van der Waals surface area contributed by atoms with Gasteiger partial charge in [0.1, 0.15) is 7.05 Å². The lowest BCUT2D eigenvalue weighted by Gasteiger charge is -2.04. The van der Waals surface area contributed by atoms with Crippen LogP contribution in [0.2, 0.25) is 0 Å². The summed E-state index contributed by atoms with van der Waals surface area (Å²) in [5.41, 5.74) is 4.74. The maximum absolute atomic E-state index is 4.14. The van der Waals surface area contributed by atoms with Gasteiger partial charge in [-0.3, -0.25) is 0 Å². The third-order valence-corrected chi connectivity index (χ3v) is 2.71. The van der Waals surface area contributed by atoms with Gasteiger partial charge in [-0.15, -0.1) is 0 Å². The number of hydrogen-bond donors (Lipinski definition) is 0. The van der Waals surface area contributed by atoms with Gasteiger partial charge in [0.15, 0.2) is 11.9 Å². The van der Waals surface area contributed by atoms with Crippen LogP contribution < -0.4 is 0 Å². The number of allylic oxidation sites excluding steroid dienone is 6. The Bertz CT molecular complexity index is 376. The van der Waals surface area contributed by atoms with Crippen molar-refractivity contribution in [2.24, 2.45) is 0 Å². The van der Waals surface area contributed by atoms with Crippen LogP contribution in [-0.4, -0.2) is 17.3 Å². The molecule has 0 aromatic rings. The Kier molecular flexibility index (Phi) is 6.40. The molecule has 0 aromatic carbocycles. The molecule has 16 heavy (non-hydrogen) atoms. The first-order valence-corrected chi connectivity index (χ1v) is 5.64. The van der Waals surface area contributed by atoms with Gasteiger partial charge in [0.05, 0.1) is 0 Å². The minimum atomic E-state index is 1.08. The summed E-state index contributed by atoms with van der Waals surface area (Å²) in [5, 5.41) is 0. The molecule has 0 bridgehead atoms. The van der Waals surface area contributed by atoms with Gasteiger partial charge in [-0.25, -0.2) is 4.58 Å². The van der Waals surface area contributed by atoms with Gasteiger partial charge in [0.2, 0.25) is 0 Å². The minimum absolute atomic E-state index is 1.08. The standard InChI is InChI=1S/C15H24N/c1-8-10-16(7)15(6)14(5)13(4)11-12(3)9-2/h8-11H,5H2,1-4,6-7H3/q+1.